The zero-order chi connectivity index (χ0) is 9.31. The largest absolute Gasteiger partial charge is 0.307 e. The first-order valence-corrected chi connectivity index (χ1v) is 6.02. The summed E-state index contributed by atoms with van der Waals surface area (Å²) in [5.74, 6) is 0.898. The highest BCUT2D eigenvalue weighted by Crippen LogP contribution is 2.42. The van der Waals surface area contributed by atoms with Crippen molar-refractivity contribution in [1.82, 2.24) is 4.57 Å². The van der Waals surface area contributed by atoms with E-state index in [0.29, 0.717) is 5.41 Å². The van der Waals surface area contributed by atoms with Gasteiger partial charge in [-0.3, -0.25) is 4.79 Å². The maximum absolute atomic E-state index is 11.3. The van der Waals surface area contributed by atoms with Gasteiger partial charge in [0.15, 0.2) is 0 Å². The van der Waals surface area contributed by atoms with Crippen LogP contribution in [0.3, 0.4) is 0 Å². The molecule has 2 rings (SSSR count). The molecule has 1 aliphatic carbocycles. The molecule has 0 N–H and O–H groups in total. The van der Waals surface area contributed by atoms with Gasteiger partial charge in [-0.25, -0.2) is 0 Å². The molecule has 1 heterocycles. The number of nitrogens with zero attached hydrogens (tertiary/aromatic N) is 1. The zero-order valence-electron chi connectivity index (χ0n) is 7.40. The molecule has 0 aromatic carbocycles. The van der Waals surface area contributed by atoms with Gasteiger partial charge in [-0.1, -0.05) is 17.8 Å². The van der Waals surface area contributed by atoms with Crippen LogP contribution in [0.5, 0.6) is 0 Å². The monoisotopic (exact) mass is 215 g/mol. The Labute approximate surface area is 87.0 Å². The summed E-state index contributed by atoms with van der Waals surface area (Å²) >= 11 is 5.64. The van der Waals surface area contributed by atoms with Crippen LogP contribution in [0.25, 0.3) is 0 Å². The van der Waals surface area contributed by atoms with Crippen LogP contribution in [0.1, 0.15) is 19.3 Å². The average Bonchev–Trinajstić information content (AvgIpc) is 2.44. The summed E-state index contributed by atoms with van der Waals surface area (Å²) in [6, 6.07) is 0. The smallest absolute Gasteiger partial charge is 0.305 e. The maximum atomic E-state index is 11.3. The van der Waals surface area contributed by atoms with E-state index in [-0.39, 0.29) is 4.87 Å². The number of rotatable bonds is 3. The normalized spacial score (nSPS) is 19.8. The van der Waals surface area contributed by atoms with Crippen molar-refractivity contribution in [2.24, 2.45) is 5.41 Å². The minimum Gasteiger partial charge on any atom is -0.305 e. The van der Waals surface area contributed by atoms with Crippen LogP contribution < -0.4 is 4.87 Å². The van der Waals surface area contributed by atoms with Crippen LogP contribution in [0, 0.1) is 5.41 Å². The van der Waals surface area contributed by atoms with Crippen LogP contribution >= 0.6 is 24.0 Å². The second-order valence-electron chi connectivity index (χ2n) is 3.81. The molecule has 0 atom stereocenters. The fourth-order valence-corrected chi connectivity index (χ4v) is 2.81. The summed E-state index contributed by atoms with van der Waals surface area (Å²) in [4.78, 5) is 11.5. The molecule has 0 saturated heterocycles. The molecule has 1 aromatic heterocycles. The molecule has 1 fully saturated rings. The van der Waals surface area contributed by atoms with Gasteiger partial charge in [-0.2, -0.15) is 12.6 Å². The van der Waals surface area contributed by atoms with E-state index >= 15 is 0 Å². The molecular formula is C9H13NOS2. The minimum atomic E-state index is 0.160. The lowest BCUT2D eigenvalue weighted by Gasteiger charge is -2.40. The molecular weight excluding hydrogens is 202 g/mol. The molecule has 13 heavy (non-hydrogen) atoms. The number of aromatic nitrogens is 1. The van der Waals surface area contributed by atoms with Gasteiger partial charge >= 0.3 is 4.87 Å². The average molecular weight is 215 g/mol. The number of hydrogen-bond donors (Lipinski definition) is 1. The summed E-state index contributed by atoms with van der Waals surface area (Å²) < 4.78 is 1.82. The Balaban J connectivity index is 2.13. The molecule has 72 valence electrons. The Morgan fingerprint density at radius 3 is 2.77 bits per heavy atom. The Kier molecular flexibility index (Phi) is 2.51. The van der Waals surface area contributed by atoms with Gasteiger partial charge in [0.1, 0.15) is 0 Å². The van der Waals surface area contributed by atoms with Crippen molar-refractivity contribution in [1.29, 1.82) is 0 Å². The van der Waals surface area contributed by atoms with E-state index in [0.717, 1.165) is 12.3 Å². The maximum Gasteiger partial charge on any atom is 0.307 e. The second-order valence-corrected chi connectivity index (χ2v) is 4.98. The van der Waals surface area contributed by atoms with Crippen molar-refractivity contribution in [3.8, 4) is 0 Å². The van der Waals surface area contributed by atoms with E-state index in [1.54, 1.807) is 0 Å². The van der Waals surface area contributed by atoms with Gasteiger partial charge in [0.2, 0.25) is 0 Å². The van der Waals surface area contributed by atoms with Crippen molar-refractivity contribution in [2.45, 2.75) is 25.8 Å². The molecule has 0 amide bonds. The molecule has 1 aromatic rings. The Morgan fingerprint density at radius 1 is 1.62 bits per heavy atom. The van der Waals surface area contributed by atoms with Crippen LogP contribution in [-0.2, 0) is 6.54 Å². The van der Waals surface area contributed by atoms with Crippen molar-refractivity contribution < 1.29 is 0 Å². The highest BCUT2D eigenvalue weighted by Gasteiger charge is 2.36. The van der Waals surface area contributed by atoms with Gasteiger partial charge in [-0.05, 0) is 24.0 Å². The summed E-state index contributed by atoms with van der Waals surface area (Å²) in [6.07, 6.45) is 5.62. The van der Waals surface area contributed by atoms with Gasteiger partial charge in [-0.15, -0.1) is 0 Å². The minimum absolute atomic E-state index is 0.160. The molecule has 0 radical (unpaired) electrons. The van der Waals surface area contributed by atoms with Crippen LogP contribution in [0.15, 0.2) is 16.4 Å². The summed E-state index contributed by atoms with van der Waals surface area (Å²) in [6.45, 7) is 0.860. The lowest BCUT2D eigenvalue weighted by molar-refractivity contribution is 0.138. The highest BCUT2D eigenvalue weighted by atomic mass is 32.1. The first-order valence-electron chi connectivity index (χ1n) is 4.51. The lowest BCUT2D eigenvalue weighted by Crippen LogP contribution is -2.37. The third-order valence-corrected chi connectivity index (χ3v) is 4.26. The molecule has 1 aliphatic rings. The number of thiol groups is 1. The molecule has 0 unspecified atom stereocenters. The fourth-order valence-electron chi connectivity index (χ4n) is 1.81. The summed E-state index contributed by atoms with van der Waals surface area (Å²) in [5, 5.41) is 1.85. The molecule has 2 nitrogen and oxygen atoms in total. The summed E-state index contributed by atoms with van der Waals surface area (Å²) in [7, 11) is 0. The van der Waals surface area contributed by atoms with Crippen LogP contribution in [0.4, 0.5) is 0 Å². The molecule has 0 bridgehead atoms. The van der Waals surface area contributed by atoms with E-state index < -0.39 is 0 Å². The third kappa shape index (κ3) is 1.70. The van der Waals surface area contributed by atoms with Crippen molar-refractivity contribution in [3.63, 3.8) is 0 Å². The molecule has 4 heteroatoms. The topological polar surface area (TPSA) is 22.0 Å². The number of hydrogen-bond acceptors (Lipinski definition) is 3. The van der Waals surface area contributed by atoms with Crippen LogP contribution in [-0.4, -0.2) is 10.3 Å². The van der Waals surface area contributed by atoms with E-state index in [2.05, 4.69) is 12.6 Å². The number of thiazole rings is 1. The predicted octanol–water partition coefficient (Wildman–Crippen LogP) is 2.01. The van der Waals surface area contributed by atoms with Gasteiger partial charge < -0.3 is 4.57 Å². The van der Waals surface area contributed by atoms with Crippen molar-refractivity contribution >= 4 is 24.0 Å². The first-order chi connectivity index (χ1) is 6.26. The Hall–Kier alpha value is -0.220. The van der Waals surface area contributed by atoms with Gasteiger partial charge in [0.25, 0.3) is 0 Å². The van der Waals surface area contributed by atoms with Gasteiger partial charge in [0, 0.05) is 18.1 Å². The Bertz CT molecular complexity index is 332. The van der Waals surface area contributed by atoms with E-state index in [1.807, 2.05) is 16.1 Å². The standard InChI is InChI=1S/C9H13NOS2/c11-8-10(4-5-13-8)6-9(7-12)2-1-3-9/h4-5,12H,1-3,6-7H2. The Morgan fingerprint density at radius 2 is 2.38 bits per heavy atom. The lowest BCUT2D eigenvalue weighted by atomic mass is 9.70. The predicted molar refractivity (Wildman–Crippen MR) is 58.7 cm³/mol. The molecule has 1 saturated carbocycles. The third-order valence-electron chi connectivity index (χ3n) is 2.90. The first kappa shape index (κ1) is 9.34. The van der Waals surface area contributed by atoms with E-state index in [9.17, 15) is 4.79 Å². The highest BCUT2D eigenvalue weighted by molar-refractivity contribution is 7.80. The van der Waals surface area contributed by atoms with Crippen molar-refractivity contribution in [3.05, 3.63) is 21.2 Å². The SMILES string of the molecule is O=c1sccn1CC1(CS)CCC1. The second kappa shape index (κ2) is 3.50. The quantitative estimate of drug-likeness (QED) is 0.766. The van der Waals surface area contributed by atoms with Crippen molar-refractivity contribution in [2.75, 3.05) is 5.75 Å². The molecule has 0 spiro atoms. The van der Waals surface area contributed by atoms with Crippen LogP contribution in [0.2, 0.25) is 0 Å². The summed E-state index contributed by atoms with van der Waals surface area (Å²) in [5.41, 5.74) is 0.314. The zero-order valence-corrected chi connectivity index (χ0v) is 9.11. The van der Waals surface area contributed by atoms with E-state index in [4.69, 9.17) is 0 Å². The fraction of sp³-hybridized carbons (Fsp3) is 0.667. The van der Waals surface area contributed by atoms with Gasteiger partial charge in [0.05, 0.1) is 0 Å². The van der Waals surface area contributed by atoms with E-state index in [1.165, 1.54) is 30.6 Å². The molecule has 0 aliphatic heterocycles.